The molecule has 4 nitrogen and oxygen atoms in total. The van der Waals surface area contributed by atoms with Gasteiger partial charge in [0, 0.05) is 24.8 Å². The Hall–Kier alpha value is -2.33. The highest BCUT2D eigenvalue weighted by molar-refractivity contribution is 5.94. The van der Waals surface area contributed by atoms with Gasteiger partial charge in [0.05, 0.1) is 0 Å². The molecule has 1 N–H and O–H groups in total. The second-order valence-corrected chi connectivity index (χ2v) is 10.8. The van der Waals surface area contributed by atoms with Crippen molar-refractivity contribution in [3.05, 3.63) is 65.7 Å². The van der Waals surface area contributed by atoms with Crippen molar-refractivity contribution in [1.29, 1.82) is 0 Å². The van der Waals surface area contributed by atoms with Crippen LogP contribution in [0.1, 0.15) is 87.9 Å². The van der Waals surface area contributed by atoms with Gasteiger partial charge in [-0.1, -0.05) is 87.4 Å². The summed E-state index contributed by atoms with van der Waals surface area (Å²) < 4.78 is 0. The monoisotopic (exact) mass is 459 g/mol. The van der Waals surface area contributed by atoms with Crippen molar-refractivity contribution in [3.63, 3.8) is 0 Å². The molecule has 3 fully saturated rings. The molecule has 2 heterocycles. The van der Waals surface area contributed by atoms with Crippen LogP contribution in [0.15, 0.2) is 54.6 Å². The molecule has 5 rings (SSSR count). The van der Waals surface area contributed by atoms with E-state index >= 15 is 0 Å². The van der Waals surface area contributed by atoms with Gasteiger partial charge in [-0.3, -0.25) is 4.79 Å². The average Bonchev–Trinajstić information content (AvgIpc) is 3.15. The number of carbonyl (C=O) groups is 1. The molecule has 2 aromatic rings. The van der Waals surface area contributed by atoms with Crippen molar-refractivity contribution in [3.8, 4) is 0 Å². The Kier molecular flexibility index (Phi) is 7.24. The van der Waals surface area contributed by atoms with Gasteiger partial charge in [-0.15, -0.1) is 0 Å². The van der Waals surface area contributed by atoms with Crippen molar-refractivity contribution in [2.75, 3.05) is 18.0 Å². The highest BCUT2D eigenvalue weighted by Crippen LogP contribution is 2.44. The molecule has 1 saturated carbocycles. The van der Waals surface area contributed by atoms with Crippen molar-refractivity contribution in [2.45, 2.75) is 95.3 Å². The zero-order valence-corrected chi connectivity index (χ0v) is 20.8. The normalized spacial score (nSPS) is 24.8. The lowest BCUT2D eigenvalue weighted by atomic mass is 9.83. The smallest absolute Gasteiger partial charge is 0.247 e. The van der Waals surface area contributed by atoms with E-state index in [-0.39, 0.29) is 12.1 Å². The van der Waals surface area contributed by atoms with Gasteiger partial charge in [-0.05, 0) is 55.9 Å². The van der Waals surface area contributed by atoms with E-state index in [0.29, 0.717) is 6.04 Å². The quantitative estimate of drug-likeness (QED) is 0.580. The standard InChI is InChI=1S/C30H41N3O/c1-24-13-12-18-27(23-24)33-28(25-14-8-7-9-15-25)31-29(34)30(33)19-21-32(22-20-30)26-16-10-5-3-2-4-6-11-17-26/h7-9,12-15,18,23,26,28H,2-6,10-11,16-17,19-22H2,1H3,(H,31,34)/t28-/m0/s1. The minimum absolute atomic E-state index is 0.115. The molecule has 1 aliphatic carbocycles. The van der Waals surface area contributed by atoms with E-state index in [9.17, 15) is 4.79 Å². The van der Waals surface area contributed by atoms with Gasteiger partial charge in [0.15, 0.2) is 0 Å². The molecule has 4 heteroatoms. The average molecular weight is 460 g/mol. The number of hydrogen-bond acceptors (Lipinski definition) is 3. The zero-order valence-electron chi connectivity index (χ0n) is 20.8. The van der Waals surface area contributed by atoms with Crippen molar-refractivity contribution >= 4 is 11.6 Å². The lowest BCUT2D eigenvalue weighted by molar-refractivity contribution is -0.125. The molecule has 1 amide bonds. The highest BCUT2D eigenvalue weighted by Gasteiger charge is 2.55. The number of aryl methyl sites for hydroxylation is 1. The van der Waals surface area contributed by atoms with E-state index in [4.69, 9.17) is 0 Å². The molecule has 0 unspecified atom stereocenters. The predicted octanol–water partition coefficient (Wildman–Crippen LogP) is 6.36. The van der Waals surface area contributed by atoms with Gasteiger partial charge in [0.1, 0.15) is 11.7 Å². The van der Waals surface area contributed by atoms with E-state index in [2.05, 4.69) is 70.6 Å². The Morgan fingerprint density at radius 1 is 0.824 bits per heavy atom. The Morgan fingerprint density at radius 2 is 1.47 bits per heavy atom. The topological polar surface area (TPSA) is 35.6 Å². The largest absolute Gasteiger partial charge is 0.332 e. The molecule has 2 saturated heterocycles. The Labute approximate surface area is 205 Å². The third-order valence-corrected chi connectivity index (χ3v) is 8.52. The summed E-state index contributed by atoms with van der Waals surface area (Å²) in [7, 11) is 0. The van der Waals surface area contributed by atoms with Crippen LogP contribution in [0.2, 0.25) is 0 Å². The van der Waals surface area contributed by atoms with Crippen LogP contribution < -0.4 is 10.2 Å². The fraction of sp³-hybridized carbons (Fsp3) is 0.567. The summed E-state index contributed by atoms with van der Waals surface area (Å²) in [6, 6.07) is 19.8. The number of nitrogens with one attached hydrogen (secondary N) is 1. The van der Waals surface area contributed by atoms with Crippen LogP contribution in [0.25, 0.3) is 0 Å². The van der Waals surface area contributed by atoms with Gasteiger partial charge in [-0.25, -0.2) is 0 Å². The maximum Gasteiger partial charge on any atom is 0.247 e. The minimum atomic E-state index is -0.471. The summed E-state index contributed by atoms with van der Waals surface area (Å²) in [5.74, 6) is 0.202. The zero-order chi connectivity index (χ0) is 23.4. The van der Waals surface area contributed by atoms with Crippen LogP contribution in [-0.4, -0.2) is 35.5 Å². The summed E-state index contributed by atoms with van der Waals surface area (Å²) in [5, 5.41) is 3.40. The minimum Gasteiger partial charge on any atom is -0.332 e. The van der Waals surface area contributed by atoms with E-state index in [0.717, 1.165) is 37.2 Å². The lowest BCUT2D eigenvalue weighted by Gasteiger charge is -2.47. The Morgan fingerprint density at radius 3 is 2.12 bits per heavy atom. The third-order valence-electron chi connectivity index (χ3n) is 8.52. The van der Waals surface area contributed by atoms with E-state index in [1.54, 1.807) is 0 Å². The number of amides is 1. The first-order chi connectivity index (χ1) is 16.7. The number of hydrogen-bond donors (Lipinski definition) is 1. The number of piperidine rings is 1. The maximum atomic E-state index is 13.7. The highest BCUT2D eigenvalue weighted by atomic mass is 16.2. The van der Waals surface area contributed by atoms with Crippen molar-refractivity contribution in [2.24, 2.45) is 0 Å². The molecule has 34 heavy (non-hydrogen) atoms. The van der Waals surface area contributed by atoms with Crippen molar-refractivity contribution in [1.82, 2.24) is 10.2 Å². The molecular formula is C30H41N3O. The van der Waals surface area contributed by atoms with Gasteiger partial charge < -0.3 is 15.1 Å². The van der Waals surface area contributed by atoms with Crippen LogP contribution in [0.5, 0.6) is 0 Å². The molecule has 182 valence electrons. The maximum absolute atomic E-state index is 13.7. The summed E-state index contributed by atoms with van der Waals surface area (Å²) >= 11 is 0. The molecule has 0 aromatic heterocycles. The van der Waals surface area contributed by atoms with Crippen LogP contribution in [0.3, 0.4) is 0 Å². The molecule has 2 aliphatic heterocycles. The predicted molar refractivity (Wildman–Crippen MR) is 140 cm³/mol. The van der Waals surface area contributed by atoms with Crippen LogP contribution in [0, 0.1) is 6.92 Å². The Bertz CT molecular complexity index is 941. The fourth-order valence-corrected chi connectivity index (χ4v) is 6.60. The molecule has 0 bridgehead atoms. The second kappa shape index (κ2) is 10.5. The van der Waals surface area contributed by atoms with Crippen LogP contribution in [-0.2, 0) is 4.79 Å². The number of rotatable bonds is 3. The SMILES string of the molecule is Cc1cccc(N2[C@@H](c3ccccc3)NC(=O)C23CCN(C2CCCCCCCCC2)CC3)c1. The third kappa shape index (κ3) is 4.75. The fourth-order valence-electron chi connectivity index (χ4n) is 6.60. The second-order valence-electron chi connectivity index (χ2n) is 10.8. The van der Waals surface area contributed by atoms with Crippen LogP contribution in [0.4, 0.5) is 5.69 Å². The summed E-state index contributed by atoms with van der Waals surface area (Å²) in [4.78, 5) is 18.8. The van der Waals surface area contributed by atoms with Gasteiger partial charge in [-0.2, -0.15) is 0 Å². The van der Waals surface area contributed by atoms with Crippen LogP contribution >= 0.6 is 0 Å². The first-order valence-electron chi connectivity index (χ1n) is 13.6. The molecule has 1 atom stereocenters. The molecule has 3 aliphatic rings. The van der Waals surface area contributed by atoms with E-state index in [1.807, 2.05) is 6.07 Å². The molecule has 0 radical (unpaired) electrons. The number of anilines is 1. The number of carbonyl (C=O) groups excluding carboxylic acids is 1. The molecule has 2 aromatic carbocycles. The lowest BCUT2D eigenvalue weighted by Crippen LogP contribution is -2.58. The number of nitrogens with zero attached hydrogens (tertiary/aromatic N) is 2. The van der Waals surface area contributed by atoms with Gasteiger partial charge in [0.2, 0.25) is 5.91 Å². The Balaban J connectivity index is 1.39. The van der Waals surface area contributed by atoms with E-state index < -0.39 is 5.54 Å². The molecule has 1 spiro atoms. The van der Waals surface area contributed by atoms with Crippen molar-refractivity contribution < 1.29 is 4.79 Å². The summed E-state index contributed by atoms with van der Waals surface area (Å²) in [5.41, 5.74) is 3.07. The first-order valence-corrected chi connectivity index (χ1v) is 13.6. The van der Waals surface area contributed by atoms with E-state index in [1.165, 1.54) is 63.4 Å². The summed E-state index contributed by atoms with van der Waals surface area (Å²) in [6.07, 6.45) is 14.0. The molecular weight excluding hydrogens is 418 g/mol. The van der Waals surface area contributed by atoms with Gasteiger partial charge >= 0.3 is 0 Å². The number of benzene rings is 2. The summed E-state index contributed by atoms with van der Waals surface area (Å²) in [6.45, 7) is 4.17. The van der Waals surface area contributed by atoms with Gasteiger partial charge in [0.25, 0.3) is 0 Å². The number of likely N-dealkylation sites (tertiary alicyclic amines) is 1. The first kappa shape index (κ1) is 23.4.